The van der Waals surface area contributed by atoms with E-state index in [9.17, 15) is 14.0 Å². The Labute approximate surface area is 176 Å². The molecular formula is C23H29FN4O2. The molecular weight excluding hydrogens is 383 g/mol. The highest BCUT2D eigenvalue weighted by Crippen LogP contribution is 2.28. The number of hydrogen-bond acceptors (Lipinski definition) is 4. The van der Waals surface area contributed by atoms with E-state index in [0.29, 0.717) is 13.1 Å². The number of nitrogens with zero attached hydrogens (tertiary/aromatic N) is 3. The van der Waals surface area contributed by atoms with E-state index in [1.807, 2.05) is 4.90 Å². The van der Waals surface area contributed by atoms with Crippen molar-refractivity contribution in [2.75, 3.05) is 33.2 Å². The first kappa shape index (κ1) is 20.7. The molecule has 30 heavy (non-hydrogen) atoms. The molecule has 0 saturated carbocycles. The van der Waals surface area contributed by atoms with E-state index in [0.717, 1.165) is 55.9 Å². The van der Waals surface area contributed by atoms with Crippen LogP contribution in [0.4, 0.5) is 4.39 Å². The predicted molar refractivity (Wildman–Crippen MR) is 113 cm³/mol. The zero-order valence-electron chi connectivity index (χ0n) is 17.4. The topological polar surface area (TPSA) is 69.3 Å². The highest BCUT2D eigenvalue weighted by Gasteiger charge is 2.27. The van der Waals surface area contributed by atoms with Crippen molar-refractivity contribution >= 4 is 5.91 Å². The molecule has 2 aliphatic heterocycles. The van der Waals surface area contributed by atoms with Gasteiger partial charge in [0.15, 0.2) is 0 Å². The summed E-state index contributed by atoms with van der Waals surface area (Å²) in [5.41, 5.74) is 1.50. The van der Waals surface area contributed by atoms with E-state index >= 15 is 0 Å². The minimum Gasteiger partial charge on any atom is -0.342 e. The van der Waals surface area contributed by atoms with Crippen molar-refractivity contribution in [1.29, 1.82) is 0 Å². The number of carbonyl (C=O) groups is 1. The molecule has 2 aliphatic rings. The number of halogens is 1. The van der Waals surface area contributed by atoms with Gasteiger partial charge in [0.25, 0.3) is 5.56 Å². The smallest absolute Gasteiger partial charge is 0.251 e. The normalized spacial score (nSPS) is 21.0. The van der Waals surface area contributed by atoms with E-state index in [4.69, 9.17) is 4.98 Å². The number of carbonyl (C=O) groups excluding carboxylic acids is 1. The summed E-state index contributed by atoms with van der Waals surface area (Å²) in [6, 6.07) is 7.66. The third-order valence-corrected chi connectivity index (χ3v) is 6.35. The SMILES string of the molecule is CN1CCC(c2nc(C3CCCN(C(=O)Cc4ccc(F)cc4)C3)cc(=O)[nH]2)CC1. The molecule has 1 N–H and O–H groups in total. The van der Waals surface area contributed by atoms with Crippen LogP contribution in [0.25, 0.3) is 0 Å². The van der Waals surface area contributed by atoms with Crippen LogP contribution in [0.3, 0.4) is 0 Å². The van der Waals surface area contributed by atoms with Gasteiger partial charge < -0.3 is 14.8 Å². The molecule has 6 nitrogen and oxygen atoms in total. The summed E-state index contributed by atoms with van der Waals surface area (Å²) < 4.78 is 13.1. The van der Waals surface area contributed by atoms with Crippen molar-refractivity contribution < 1.29 is 9.18 Å². The maximum Gasteiger partial charge on any atom is 0.251 e. The first-order valence-electron chi connectivity index (χ1n) is 10.8. The monoisotopic (exact) mass is 412 g/mol. The Hall–Kier alpha value is -2.54. The predicted octanol–water partition coefficient (Wildman–Crippen LogP) is 2.67. The summed E-state index contributed by atoms with van der Waals surface area (Å²) in [7, 11) is 2.11. The van der Waals surface area contributed by atoms with Crippen LogP contribution in [-0.4, -0.2) is 58.9 Å². The van der Waals surface area contributed by atoms with Gasteiger partial charge in [-0.1, -0.05) is 12.1 Å². The molecule has 2 aromatic rings. The maximum atomic E-state index is 13.1. The van der Waals surface area contributed by atoms with Gasteiger partial charge >= 0.3 is 0 Å². The van der Waals surface area contributed by atoms with Gasteiger partial charge in [-0.3, -0.25) is 9.59 Å². The van der Waals surface area contributed by atoms with E-state index in [2.05, 4.69) is 16.9 Å². The number of nitrogens with one attached hydrogen (secondary N) is 1. The Bertz CT molecular complexity index is 935. The summed E-state index contributed by atoms with van der Waals surface area (Å²) in [6.45, 7) is 3.30. The average molecular weight is 413 g/mol. The van der Waals surface area contributed by atoms with Crippen LogP contribution in [0.5, 0.6) is 0 Å². The van der Waals surface area contributed by atoms with Gasteiger partial charge in [-0.25, -0.2) is 9.37 Å². The lowest BCUT2D eigenvalue weighted by Gasteiger charge is -2.33. The summed E-state index contributed by atoms with van der Waals surface area (Å²) in [6.07, 6.45) is 4.06. The third kappa shape index (κ3) is 4.95. The number of rotatable bonds is 4. The quantitative estimate of drug-likeness (QED) is 0.838. The number of likely N-dealkylation sites (tertiary alicyclic amines) is 2. The zero-order chi connectivity index (χ0) is 21.1. The molecule has 0 radical (unpaired) electrons. The number of piperidine rings is 2. The fraction of sp³-hybridized carbons (Fsp3) is 0.522. The lowest BCUT2D eigenvalue weighted by atomic mass is 9.92. The third-order valence-electron chi connectivity index (χ3n) is 6.35. The van der Waals surface area contributed by atoms with Crippen LogP contribution < -0.4 is 5.56 Å². The Kier molecular flexibility index (Phi) is 6.27. The second kappa shape index (κ2) is 9.08. The first-order valence-corrected chi connectivity index (χ1v) is 10.8. The Morgan fingerprint density at radius 3 is 2.60 bits per heavy atom. The minimum atomic E-state index is -0.301. The molecule has 2 saturated heterocycles. The molecule has 1 unspecified atom stereocenters. The highest BCUT2D eigenvalue weighted by atomic mass is 19.1. The summed E-state index contributed by atoms with van der Waals surface area (Å²) in [5, 5.41) is 0. The molecule has 0 bridgehead atoms. The second-order valence-electron chi connectivity index (χ2n) is 8.62. The lowest BCUT2D eigenvalue weighted by Crippen LogP contribution is -2.40. The minimum absolute atomic E-state index is 0.0340. The van der Waals surface area contributed by atoms with Crippen molar-refractivity contribution in [3.8, 4) is 0 Å². The Balaban J connectivity index is 1.45. The van der Waals surface area contributed by atoms with E-state index in [1.54, 1.807) is 18.2 Å². The van der Waals surface area contributed by atoms with Crippen molar-refractivity contribution in [2.45, 2.75) is 43.9 Å². The fourth-order valence-electron chi connectivity index (χ4n) is 4.51. The highest BCUT2D eigenvalue weighted by molar-refractivity contribution is 5.79. The Morgan fingerprint density at radius 1 is 1.13 bits per heavy atom. The van der Waals surface area contributed by atoms with E-state index in [1.165, 1.54) is 12.1 Å². The van der Waals surface area contributed by atoms with Gasteiger partial charge in [-0.15, -0.1) is 0 Å². The largest absolute Gasteiger partial charge is 0.342 e. The molecule has 1 aromatic heterocycles. The standard InChI is InChI=1S/C23H29FN4O2/c1-27-11-8-17(9-12-27)23-25-20(14-21(29)26-23)18-3-2-10-28(15-18)22(30)13-16-4-6-19(24)7-5-16/h4-7,14,17-18H,2-3,8-13,15H2,1H3,(H,25,26,29). The molecule has 1 atom stereocenters. The second-order valence-corrected chi connectivity index (χ2v) is 8.62. The van der Waals surface area contributed by atoms with Crippen molar-refractivity contribution in [1.82, 2.24) is 19.8 Å². The van der Waals surface area contributed by atoms with E-state index < -0.39 is 0 Å². The molecule has 4 rings (SSSR count). The number of benzene rings is 1. The number of aromatic nitrogens is 2. The lowest BCUT2D eigenvalue weighted by molar-refractivity contribution is -0.131. The van der Waals surface area contributed by atoms with Gasteiger partial charge in [0.1, 0.15) is 11.6 Å². The van der Waals surface area contributed by atoms with Crippen molar-refractivity contribution in [2.24, 2.45) is 0 Å². The van der Waals surface area contributed by atoms with Crippen LogP contribution in [0.15, 0.2) is 35.1 Å². The molecule has 160 valence electrons. The fourth-order valence-corrected chi connectivity index (χ4v) is 4.51. The first-order chi connectivity index (χ1) is 14.5. The van der Waals surface area contributed by atoms with Gasteiger partial charge in [-0.2, -0.15) is 0 Å². The molecule has 3 heterocycles. The van der Waals surface area contributed by atoms with Gasteiger partial charge in [0, 0.05) is 31.0 Å². The van der Waals surface area contributed by atoms with Crippen LogP contribution >= 0.6 is 0 Å². The number of H-pyrrole nitrogens is 1. The van der Waals surface area contributed by atoms with Crippen molar-refractivity contribution in [3.05, 3.63) is 63.6 Å². The van der Waals surface area contributed by atoms with Crippen molar-refractivity contribution in [3.63, 3.8) is 0 Å². The molecule has 0 aliphatic carbocycles. The van der Waals surface area contributed by atoms with Crippen LogP contribution in [0.1, 0.15) is 54.6 Å². The molecule has 1 aromatic carbocycles. The summed E-state index contributed by atoms with van der Waals surface area (Å²) in [4.78, 5) is 37.0. The zero-order valence-corrected chi connectivity index (χ0v) is 17.4. The molecule has 7 heteroatoms. The summed E-state index contributed by atoms with van der Waals surface area (Å²) in [5.74, 6) is 0.883. The van der Waals surface area contributed by atoms with Crippen LogP contribution in [0.2, 0.25) is 0 Å². The maximum absolute atomic E-state index is 13.1. The Morgan fingerprint density at radius 2 is 1.87 bits per heavy atom. The number of aromatic amines is 1. The van der Waals surface area contributed by atoms with Crippen LogP contribution in [0, 0.1) is 5.82 Å². The van der Waals surface area contributed by atoms with Crippen LogP contribution in [-0.2, 0) is 11.2 Å². The average Bonchev–Trinajstić information content (AvgIpc) is 2.75. The molecule has 0 spiro atoms. The summed E-state index contributed by atoms with van der Waals surface area (Å²) >= 11 is 0. The molecule has 1 amide bonds. The number of hydrogen-bond donors (Lipinski definition) is 1. The van der Waals surface area contributed by atoms with Gasteiger partial charge in [0.2, 0.25) is 5.91 Å². The van der Waals surface area contributed by atoms with E-state index in [-0.39, 0.29) is 35.5 Å². The van der Waals surface area contributed by atoms with Gasteiger partial charge in [0.05, 0.1) is 12.1 Å². The molecule has 2 fully saturated rings. The van der Waals surface area contributed by atoms with Gasteiger partial charge in [-0.05, 0) is 63.5 Å². The number of amides is 1.